The highest BCUT2D eigenvalue weighted by Gasteiger charge is 2.30. The normalized spacial score (nSPS) is 17.1. The summed E-state index contributed by atoms with van der Waals surface area (Å²) in [6, 6.07) is 5.93. The van der Waals surface area contributed by atoms with Crippen molar-refractivity contribution in [2.45, 2.75) is 32.7 Å². The highest BCUT2D eigenvalue weighted by atomic mass is 32.1. The molecule has 0 amide bonds. The van der Waals surface area contributed by atoms with Gasteiger partial charge < -0.3 is 5.32 Å². The van der Waals surface area contributed by atoms with Crippen molar-refractivity contribution in [3.63, 3.8) is 0 Å². The van der Waals surface area contributed by atoms with Crippen LogP contribution in [0.25, 0.3) is 10.7 Å². The minimum Gasteiger partial charge on any atom is -0.311 e. The van der Waals surface area contributed by atoms with Gasteiger partial charge in [0.05, 0.1) is 11.4 Å². The maximum atomic E-state index is 4.64. The average molecular weight is 273 g/mol. The Morgan fingerprint density at radius 1 is 1.37 bits per heavy atom. The molecule has 0 unspecified atom stereocenters. The van der Waals surface area contributed by atoms with E-state index in [1.54, 1.807) is 11.3 Å². The quantitative estimate of drug-likeness (QED) is 0.906. The lowest BCUT2D eigenvalue weighted by molar-refractivity contribution is 0.156. The molecule has 3 nitrogen and oxygen atoms in total. The van der Waals surface area contributed by atoms with Gasteiger partial charge in [0.25, 0.3) is 0 Å². The molecule has 3 rings (SSSR count). The Kier molecular flexibility index (Phi) is 3.62. The van der Waals surface area contributed by atoms with E-state index in [1.807, 2.05) is 24.4 Å². The van der Waals surface area contributed by atoms with Gasteiger partial charge in [-0.3, -0.25) is 4.98 Å². The smallest absolute Gasteiger partial charge is 0.142 e. The van der Waals surface area contributed by atoms with Crippen LogP contribution >= 0.6 is 11.3 Å². The predicted octanol–water partition coefficient (Wildman–Crippen LogP) is 3.48. The van der Waals surface area contributed by atoms with E-state index in [0.717, 1.165) is 29.5 Å². The molecule has 0 radical (unpaired) electrons. The number of aromatic nitrogens is 2. The summed E-state index contributed by atoms with van der Waals surface area (Å²) in [7, 11) is 0. The fourth-order valence-corrected chi connectivity index (χ4v) is 3.24. The summed E-state index contributed by atoms with van der Waals surface area (Å²) in [5, 5.41) is 6.66. The minimum atomic E-state index is 0.528. The largest absolute Gasteiger partial charge is 0.311 e. The summed E-state index contributed by atoms with van der Waals surface area (Å²) >= 11 is 1.67. The summed E-state index contributed by atoms with van der Waals surface area (Å²) in [4.78, 5) is 8.97. The Labute approximate surface area is 118 Å². The van der Waals surface area contributed by atoms with Gasteiger partial charge in [-0.05, 0) is 30.4 Å². The summed E-state index contributed by atoms with van der Waals surface area (Å²) in [5.74, 6) is 0. The maximum Gasteiger partial charge on any atom is 0.142 e. The van der Waals surface area contributed by atoms with E-state index >= 15 is 0 Å². The molecule has 4 heteroatoms. The first-order chi connectivity index (χ1) is 9.25. The van der Waals surface area contributed by atoms with Gasteiger partial charge in [0.15, 0.2) is 0 Å². The maximum absolute atomic E-state index is 4.64. The number of thiazole rings is 1. The average Bonchev–Trinajstić information content (AvgIpc) is 2.87. The lowest BCUT2D eigenvalue weighted by Gasteiger charge is -2.38. The number of nitrogens with one attached hydrogen (secondary N) is 1. The van der Waals surface area contributed by atoms with E-state index < -0.39 is 0 Å². The first-order valence-electron chi connectivity index (χ1n) is 6.82. The van der Waals surface area contributed by atoms with Gasteiger partial charge in [0, 0.05) is 24.7 Å². The predicted molar refractivity (Wildman–Crippen MR) is 79.0 cm³/mol. The summed E-state index contributed by atoms with van der Waals surface area (Å²) in [5.41, 5.74) is 2.61. The van der Waals surface area contributed by atoms with Gasteiger partial charge >= 0.3 is 0 Å². The van der Waals surface area contributed by atoms with Crippen LogP contribution < -0.4 is 5.32 Å². The monoisotopic (exact) mass is 273 g/mol. The molecule has 0 aliphatic heterocycles. The van der Waals surface area contributed by atoms with Gasteiger partial charge in [-0.15, -0.1) is 11.3 Å². The fraction of sp³-hybridized carbons (Fsp3) is 0.467. The first-order valence-corrected chi connectivity index (χ1v) is 7.70. The highest BCUT2D eigenvalue weighted by Crippen LogP contribution is 2.39. The number of hydrogen-bond donors (Lipinski definition) is 1. The van der Waals surface area contributed by atoms with Gasteiger partial charge in [0.2, 0.25) is 0 Å². The topological polar surface area (TPSA) is 37.8 Å². The van der Waals surface area contributed by atoms with Crippen LogP contribution in [0.1, 0.15) is 31.9 Å². The standard InChI is InChI=1S/C15H19N3S/c1-15(6-4-7-15)11-16-9-12-10-19-14(18-12)13-5-2-3-8-17-13/h2-3,5,8,10,16H,4,6-7,9,11H2,1H3. The van der Waals surface area contributed by atoms with Crippen LogP contribution in [0.2, 0.25) is 0 Å². The number of rotatable bonds is 5. The summed E-state index contributed by atoms with van der Waals surface area (Å²) in [6.07, 6.45) is 5.91. The Morgan fingerprint density at radius 3 is 2.95 bits per heavy atom. The first kappa shape index (κ1) is 12.8. The lowest BCUT2D eigenvalue weighted by Crippen LogP contribution is -2.37. The second kappa shape index (κ2) is 5.39. The van der Waals surface area contributed by atoms with Gasteiger partial charge in [-0.1, -0.05) is 19.4 Å². The molecule has 19 heavy (non-hydrogen) atoms. The third kappa shape index (κ3) is 3.01. The van der Waals surface area contributed by atoms with Crippen molar-refractivity contribution in [1.29, 1.82) is 0 Å². The molecule has 100 valence electrons. The highest BCUT2D eigenvalue weighted by molar-refractivity contribution is 7.13. The fourth-order valence-electron chi connectivity index (χ4n) is 2.44. The number of pyridine rings is 1. The molecule has 2 heterocycles. The molecule has 0 spiro atoms. The zero-order chi connectivity index (χ0) is 13.1. The Bertz CT molecular complexity index is 531. The van der Waals surface area contributed by atoms with E-state index in [-0.39, 0.29) is 0 Å². The Morgan fingerprint density at radius 2 is 2.26 bits per heavy atom. The molecule has 2 aromatic rings. The molecular formula is C15H19N3S. The van der Waals surface area contributed by atoms with Crippen molar-refractivity contribution in [2.24, 2.45) is 5.41 Å². The molecule has 0 bridgehead atoms. The molecule has 1 N–H and O–H groups in total. The van der Waals surface area contributed by atoms with Crippen LogP contribution in [0.3, 0.4) is 0 Å². The number of nitrogens with zero attached hydrogens (tertiary/aromatic N) is 2. The van der Waals surface area contributed by atoms with Crippen molar-refractivity contribution in [2.75, 3.05) is 6.54 Å². The van der Waals surface area contributed by atoms with E-state index in [2.05, 4.69) is 27.6 Å². The van der Waals surface area contributed by atoms with Gasteiger partial charge in [0.1, 0.15) is 5.01 Å². The molecule has 1 fully saturated rings. The van der Waals surface area contributed by atoms with E-state index in [0.29, 0.717) is 5.41 Å². The van der Waals surface area contributed by atoms with Crippen molar-refractivity contribution in [3.05, 3.63) is 35.5 Å². The molecule has 0 saturated heterocycles. The zero-order valence-corrected chi connectivity index (χ0v) is 12.0. The Balaban J connectivity index is 1.56. The summed E-state index contributed by atoms with van der Waals surface area (Å²) < 4.78 is 0. The van der Waals surface area contributed by atoms with Crippen molar-refractivity contribution in [3.8, 4) is 10.7 Å². The van der Waals surface area contributed by atoms with Crippen molar-refractivity contribution >= 4 is 11.3 Å². The van der Waals surface area contributed by atoms with Crippen LogP contribution in [0.5, 0.6) is 0 Å². The molecule has 0 atom stereocenters. The second-order valence-corrected chi connectivity index (χ2v) is 6.48. The van der Waals surface area contributed by atoms with E-state index in [1.165, 1.54) is 19.3 Å². The number of hydrogen-bond acceptors (Lipinski definition) is 4. The van der Waals surface area contributed by atoms with E-state index in [9.17, 15) is 0 Å². The van der Waals surface area contributed by atoms with Gasteiger partial charge in [-0.2, -0.15) is 0 Å². The van der Waals surface area contributed by atoms with E-state index in [4.69, 9.17) is 0 Å². The van der Waals surface area contributed by atoms with Crippen LogP contribution in [0, 0.1) is 5.41 Å². The SMILES string of the molecule is CC1(CNCc2csc(-c3ccccn3)n2)CCC1. The molecule has 2 aromatic heterocycles. The van der Waals surface area contributed by atoms with Crippen LogP contribution in [-0.4, -0.2) is 16.5 Å². The van der Waals surface area contributed by atoms with Crippen LogP contribution in [-0.2, 0) is 6.54 Å². The molecule has 0 aromatic carbocycles. The second-order valence-electron chi connectivity index (χ2n) is 5.63. The molecule has 1 saturated carbocycles. The van der Waals surface area contributed by atoms with Crippen LogP contribution in [0.4, 0.5) is 0 Å². The van der Waals surface area contributed by atoms with Crippen molar-refractivity contribution < 1.29 is 0 Å². The molecular weight excluding hydrogens is 254 g/mol. The van der Waals surface area contributed by atoms with Gasteiger partial charge in [-0.25, -0.2) is 4.98 Å². The summed E-state index contributed by atoms with van der Waals surface area (Å²) in [6.45, 7) is 4.33. The van der Waals surface area contributed by atoms with Crippen LogP contribution in [0.15, 0.2) is 29.8 Å². The third-order valence-corrected chi connectivity index (χ3v) is 4.77. The Hall–Kier alpha value is -1.26. The lowest BCUT2D eigenvalue weighted by atomic mass is 9.70. The zero-order valence-electron chi connectivity index (χ0n) is 11.2. The van der Waals surface area contributed by atoms with Crippen molar-refractivity contribution in [1.82, 2.24) is 15.3 Å². The third-order valence-electron chi connectivity index (χ3n) is 3.85. The minimum absolute atomic E-state index is 0.528. The molecule has 1 aliphatic rings. The molecule has 1 aliphatic carbocycles.